The summed E-state index contributed by atoms with van der Waals surface area (Å²) in [6.45, 7) is 4.13. The fourth-order valence-electron chi connectivity index (χ4n) is 4.68. The molecule has 0 saturated carbocycles. The van der Waals surface area contributed by atoms with Crippen LogP contribution >= 0.6 is 23.8 Å². The van der Waals surface area contributed by atoms with Gasteiger partial charge in [-0.3, -0.25) is 4.98 Å². The third-order valence-corrected chi connectivity index (χ3v) is 6.62. The summed E-state index contributed by atoms with van der Waals surface area (Å²) in [4.78, 5) is 6.45. The van der Waals surface area contributed by atoms with E-state index in [1.165, 1.54) is 6.07 Å². The Hall–Kier alpha value is -3.22. The summed E-state index contributed by atoms with van der Waals surface area (Å²) in [7, 11) is 0. The average molecular weight is 477 g/mol. The first kappa shape index (κ1) is 21.6. The molecule has 3 heterocycles. The maximum Gasteiger partial charge on any atom is 0.174 e. The molecule has 2 aromatic carbocycles. The average Bonchev–Trinajstić information content (AvgIpc) is 3.30. The first-order chi connectivity index (χ1) is 16.0. The molecule has 33 heavy (non-hydrogen) atoms. The topological polar surface area (TPSA) is 33.1 Å². The van der Waals surface area contributed by atoms with Gasteiger partial charge in [0.05, 0.1) is 23.5 Å². The number of para-hydroxylation sites is 1. The Kier molecular flexibility index (Phi) is 5.64. The van der Waals surface area contributed by atoms with Gasteiger partial charge in [-0.15, -0.1) is 0 Å². The van der Waals surface area contributed by atoms with E-state index < -0.39 is 0 Å². The van der Waals surface area contributed by atoms with Crippen LogP contribution in [0.1, 0.15) is 34.7 Å². The van der Waals surface area contributed by atoms with E-state index in [0.717, 1.165) is 28.3 Å². The van der Waals surface area contributed by atoms with Gasteiger partial charge in [-0.25, -0.2) is 4.39 Å². The van der Waals surface area contributed by atoms with Crippen molar-refractivity contribution < 1.29 is 4.39 Å². The molecule has 1 aliphatic rings. The number of thiocarbonyl (C=S) groups is 1. The van der Waals surface area contributed by atoms with Gasteiger partial charge < -0.3 is 14.8 Å². The number of nitrogens with one attached hydrogen (secondary N) is 1. The molecule has 4 nitrogen and oxygen atoms in total. The highest BCUT2D eigenvalue weighted by Gasteiger charge is 2.43. The highest BCUT2D eigenvalue weighted by Crippen LogP contribution is 2.44. The van der Waals surface area contributed by atoms with Gasteiger partial charge in [0.2, 0.25) is 0 Å². The van der Waals surface area contributed by atoms with Gasteiger partial charge in [0.15, 0.2) is 5.11 Å². The highest BCUT2D eigenvalue weighted by molar-refractivity contribution is 7.80. The van der Waals surface area contributed by atoms with E-state index in [2.05, 4.69) is 34.8 Å². The Balaban J connectivity index is 1.70. The zero-order chi connectivity index (χ0) is 23.1. The van der Waals surface area contributed by atoms with E-state index in [1.807, 2.05) is 53.4 Å². The molecule has 0 radical (unpaired) electrons. The summed E-state index contributed by atoms with van der Waals surface area (Å²) in [6, 6.07) is 21.9. The summed E-state index contributed by atoms with van der Waals surface area (Å²) in [5.41, 5.74) is 5.38. The molecule has 1 aliphatic heterocycles. The van der Waals surface area contributed by atoms with Crippen LogP contribution in [-0.2, 0) is 0 Å². The maximum atomic E-state index is 15.0. The number of nitrogens with zero attached hydrogens (tertiary/aromatic N) is 3. The molecule has 0 aliphatic carbocycles. The van der Waals surface area contributed by atoms with Crippen LogP contribution in [0.25, 0.3) is 5.69 Å². The molecular formula is C26H22ClFN4S. The number of anilines is 1. The Labute approximate surface area is 202 Å². The standard InChI is InChI=1S/C26H22ClFN4S/c1-16-14-20(17(2)31(16)19-9-7-8-18(27)15-19)25-24(22-11-5-6-13-29-22)30-26(33)32(25)23-12-4-3-10-21(23)28/h3-15,24-25H,1-2H3,(H,30,33)/t24-,25-/m1/s1. The molecule has 1 N–H and O–H groups in total. The number of hydrogen-bond donors (Lipinski definition) is 1. The zero-order valence-electron chi connectivity index (χ0n) is 18.2. The third kappa shape index (κ3) is 3.79. The largest absolute Gasteiger partial charge is 0.351 e. The number of pyridine rings is 1. The first-order valence-electron chi connectivity index (χ1n) is 10.7. The van der Waals surface area contributed by atoms with Crippen molar-refractivity contribution in [3.05, 3.63) is 112 Å². The number of halogens is 2. The molecule has 0 amide bonds. The summed E-state index contributed by atoms with van der Waals surface area (Å²) in [5, 5.41) is 4.53. The van der Waals surface area contributed by atoms with Crippen molar-refractivity contribution >= 4 is 34.6 Å². The van der Waals surface area contributed by atoms with E-state index in [9.17, 15) is 4.39 Å². The molecule has 1 fully saturated rings. The lowest BCUT2D eigenvalue weighted by molar-refractivity contribution is 0.556. The van der Waals surface area contributed by atoms with E-state index >= 15 is 0 Å². The maximum absolute atomic E-state index is 15.0. The van der Waals surface area contributed by atoms with Crippen molar-refractivity contribution in [2.24, 2.45) is 0 Å². The minimum atomic E-state index is -0.322. The Morgan fingerprint density at radius 3 is 2.52 bits per heavy atom. The lowest BCUT2D eigenvalue weighted by Gasteiger charge is -2.28. The second-order valence-corrected chi connectivity index (χ2v) is 8.91. The lowest BCUT2D eigenvalue weighted by atomic mass is 9.96. The molecule has 2 aromatic heterocycles. The molecule has 0 bridgehead atoms. The minimum Gasteiger partial charge on any atom is -0.351 e. The van der Waals surface area contributed by atoms with Gasteiger partial charge in [0, 0.05) is 28.3 Å². The fourth-order valence-corrected chi connectivity index (χ4v) is 5.20. The number of rotatable bonds is 4. The third-order valence-electron chi connectivity index (χ3n) is 6.07. The zero-order valence-corrected chi connectivity index (χ0v) is 19.7. The smallest absolute Gasteiger partial charge is 0.174 e. The van der Waals surface area contributed by atoms with Gasteiger partial charge in [0.25, 0.3) is 0 Å². The predicted octanol–water partition coefficient (Wildman–Crippen LogP) is 6.46. The number of hydrogen-bond acceptors (Lipinski definition) is 2. The van der Waals surface area contributed by atoms with Crippen molar-refractivity contribution in [3.8, 4) is 5.69 Å². The van der Waals surface area contributed by atoms with Crippen LogP contribution in [-0.4, -0.2) is 14.7 Å². The highest BCUT2D eigenvalue weighted by atomic mass is 35.5. The van der Waals surface area contributed by atoms with Crippen molar-refractivity contribution in [1.29, 1.82) is 0 Å². The molecule has 0 spiro atoms. The predicted molar refractivity (Wildman–Crippen MR) is 135 cm³/mol. The Morgan fingerprint density at radius 2 is 1.79 bits per heavy atom. The molecule has 7 heteroatoms. The Bertz CT molecular complexity index is 1340. The van der Waals surface area contributed by atoms with Crippen LogP contribution in [0, 0.1) is 19.7 Å². The van der Waals surface area contributed by atoms with Crippen LogP contribution < -0.4 is 10.2 Å². The SMILES string of the molecule is Cc1cc([C@@H]2[C@@H](c3ccccn3)NC(=S)N2c2ccccc2F)c(C)n1-c1cccc(Cl)c1. The number of aryl methyl sites for hydroxylation is 1. The van der Waals surface area contributed by atoms with Crippen LogP contribution in [0.2, 0.25) is 5.02 Å². The Morgan fingerprint density at radius 1 is 1.00 bits per heavy atom. The fraction of sp³-hybridized carbons (Fsp3) is 0.154. The molecule has 2 atom stereocenters. The van der Waals surface area contributed by atoms with Gasteiger partial charge in [-0.1, -0.05) is 35.9 Å². The lowest BCUT2D eigenvalue weighted by Crippen LogP contribution is -2.30. The van der Waals surface area contributed by atoms with Crippen LogP contribution in [0.4, 0.5) is 10.1 Å². The summed E-state index contributed by atoms with van der Waals surface area (Å²) in [5.74, 6) is -0.322. The monoisotopic (exact) mass is 476 g/mol. The molecular weight excluding hydrogens is 455 g/mol. The first-order valence-corrected chi connectivity index (χ1v) is 11.4. The van der Waals surface area contributed by atoms with Crippen molar-refractivity contribution in [2.75, 3.05) is 4.90 Å². The molecule has 1 saturated heterocycles. The summed E-state index contributed by atoms with van der Waals surface area (Å²) in [6.07, 6.45) is 1.76. The van der Waals surface area contributed by atoms with Gasteiger partial charge in [-0.05, 0) is 80.2 Å². The van der Waals surface area contributed by atoms with E-state index in [-0.39, 0.29) is 17.9 Å². The minimum absolute atomic E-state index is 0.244. The van der Waals surface area contributed by atoms with Gasteiger partial charge in [0.1, 0.15) is 5.82 Å². The normalized spacial score (nSPS) is 17.9. The van der Waals surface area contributed by atoms with Crippen molar-refractivity contribution in [3.63, 3.8) is 0 Å². The van der Waals surface area contributed by atoms with Gasteiger partial charge in [-0.2, -0.15) is 0 Å². The molecule has 5 rings (SSSR count). The van der Waals surface area contributed by atoms with E-state index in [4.69, 9.17) is 23.8 Å². The molecule has 0 unspecified atom stereocenters. The van der Waals surface area contributed by atoms with E-state index in [0.29, 0.717) is 15.8 Å². The number of benzene rings is 2. The second-order valence-electron chi connectivity index (χ2n) is 8.09. The summed E-state index contributed by atoms with van der Waals surface area (Å²) < 4.78 is 17.1. The van der Waals surface area contributed by atoms with Crippen LogP contribution in [0.3, 0.4) is 0 Å². The molecule has 4 aromatic rings. The van der Waals surface area contributed by atoms with Crippen LogP contribution in [0.5, 0.6) is 0 Å². The second kappa shape index (κ2) is 8.61. The quantitative estimate of drug-likeness (QED) is 0.343. The molecule has 166 valence electrons. The summed E-state index contributed by atoms with van der Waals surface area (Å²) >= 11 is 12.0. The van der Waals surface area contributed by atoms with Crippen molar-refractivity contribution in [1.82, 2.24) is 14.9 Å². The van der Waals surface area contributed by atoms with Crippen LogP contribution in [0.15, 0.2) is 79.0 Å². The van der Waals surface area contributed by atoms with Gasteiger partial charge >= 0.3 is 0 Å². The van der Waals surface area contributed by atoms with Crippen molar-refractivity contribution in [2.45, 2.75) is 25.9 Å². The number of aromatic nitrogens is 2. The van der Waals surface area contributed by atoms with E-state index in [1.54, 1.807) is 18.3 Å².